The molecule has 0 aromatic heterocycles. The topological polar surface area (TPSA) is 29.1 Å². The summed E-state index contributed by atoms with van der Waals surface area (Å²) in [5.41, 5.74) is 0.598. The highest BCUT2D eigenvalue weighted by atomic mass is 35.5. The van der Waals surface area contributed by atoms with Crippen molar-refractivity contribution in [1.82, 2.24) is 0 Å². The molecule has 0 spiro atoms. The first kappa shape index (κ1) is 18.5. The molecule has 0 bridgehead atoms. The maximum atomic E-state index is 12.9. The van der Waals surface area contributed by atoms with Crippen LogP contribution in [0.25, 0.3) is 0 Å². The van der Waals surface area contributed by atoms with Crippen LogP contribution in [0.1, 0.15) is 26.1 Å². The molecule has 1 saturated heterocycles. The largest absolute Gasteiger partial charge is 0.417 e. The van der Waals surface area contributed by atoms with Crippen molar-refractivity contribution in [2.45, 2.75) is 10.8 Å². The van der Waals surface area contributed by atoms with Crippen molar-refractivity contribution in [2.24, 2.45) is 0 Å². The van der Waals surface area contributed by atoms with Gasteiger partial charge in [-0.2, -0.15) is 13.2 Å². The second kappa shape index (κ2) is 7.51. The first-order chi connectivity index (χ1) is 11.8. The van der Waals surface area contributed by atoms with E-state index in [9.17, 15) is 18.0 Å². The molecule has 1 fully saturated rings. The van der Waals surface area contributed by atoms with Gasteiger partial charge in [0.05, 0.1) is 15.2 Å². The van der Waals surface area contributed by atoms with Gasteiger partial charge >= 0.3 is 6.18 Å². The van der Waals surface area contributed by atoms with E-state index in [0.29, 0.717) is 10.1 Å². The third kappa shape index (κ3) is 4.46. The molecule has 132 valence electrons. The lowest BCUT2D eigenvalue weighted by atomic mass is 10.1. The molecule has 0 atom stereocenters. The maximum absolute atomic E-state index is 12.9. The van der Waals surface area contributed by atoms with Gasteiger partial charge in [-0.05, 0) is 35.9 Å². The molecule has 2 aromatic rings. The molecular weight excluding hydrogens is 391 g/mol. The van der Waals surface area contributed by atoms with E-state index < -0.39 is 22.7 Å². The van der Waals surface area contributed by atoms with E-state index >= 15 is 0 Å². The molecule has 0 unspecified atom stereocenters. The summed E-state index contributed by atoms with van der Waals surface area (Å²) in [6.45, 7) is 0. The van der Waals surface area contributed by atoms with Crippen LogP contribution in [0.5, 0.6) is 0 Å². The van der Waals surface area contributed by atoms with Gasteiger partial charge < -0.3 is 5.32 Å². The summed E-state index contributed by atoms with van der Waals surface area (Å²) >= 11 is 9.30. The first-order valence-corrected chi connectivity index (χ1v) is 9.83. The van der Waals surface area contributed by atoms with Crippen molar-refractivity contribution in [3.05, 3.63) is 64.2 Å². The fourth-order valence-electron chi connectivity index (χ4n) is 2.37. The highest BCUT2D eigenvalue weighted by Crippen LogP contribution is 2.45. The van der Waals surface area contributed by atoms with E-state index in [2.05, 4.69) is 5.32 Å². The Kier molecular flexibility index (Phi) is 5.55. The Balaban J connectivity index is 1.74. The molecule has 1 N–H and O–H groups in total. The number of thioether (sulfide) groups is 2. The first-order valence-electron chi connectivity index (χ1n) is 7.36. The zero-order valence-electron chi connectivity index (χ0n) is 12.8. The predicted molar refractivity (Wildman–Crippen MR) is 98.5 cm³/mol. The maximum Gasteiger partial charge on any atom is 0.417 e. The molecule has 0 aliphatic carbocycles. The summed E-state index contributed by atoms with van der Waals surface area (Å²) in [6, 6.07) is 10.4. The van der Waals surface area contributed by atoms with Gasteiger partial charge in [-0.25, -0.2) is 0 Å². The number of alkyl halides is 3. The minimum Gasteiger partial charge on any atom is -0.322 e. The van der Waals surface area contributed by atoms with E-state index in [0.717, 1.165) is 29.2 Å². The monoisotopic (exact) mass is 403 g/mol. The highest BCUT2D eigenvalue weighted by Gasteiger charge is 2.33. The molecule has 8 heteroatoms. The Morgan fingerprint density at radius 2 is 1.72 bits per heavy atom. The summed E-state index contributed by atoms with van der Waals surface area (Å²) in [5, 5.41) is 2.08. The summed E-state index contributed by atoms with van der Waals surface area (Å²) in [5.74, 6) is 1.75. The number of hydrogen-bond acceptors (Lipinski definition) is 3. The van der Waals surface area contributed by atoms with Gasteiger partial charge in [-0.15, -0.1) is 23.5 Å². The average molecular weight is 404 g/mol. The van der Waals surface area contributed by atoms with Crippen LogP contribution in [0.4, 0.5) is 18.9 Å². The molecule has 1 amide bonds. The zero-order valence-corrected chi connectivity index (χ0v) is 15.2. The summed E-state index contributed by atoms with van der Waals surface area (Å²) in [6.07, 6.45) is -4.57. The average Bonchev–Trinajstić information content (AvgIpc) is 3.10. The van der Waals surface area contributed by atoms with Crippen LogP contribution >= 0.6 is 35.1 Å². The van der Waals surface area contributed by atoms with Crippen LogP contribution in [0.15, 0.2) is 42.5 Å². The predicted octanol–water partition coefficient (Wildman–Crippen LogP) is 6.09. The highest BCUT2D eigenvalue weighted by molar-refractivity contribution is 8.19. The molecule has 1 aliphatic rings. The second-order valence-electron chi connectivity index (χ2n) is 5.34. The van der Waals surface area contributed by atoms with Crippen molar-refractivity contribution in [1.29, 1.82) is 0 Å². The van der Waals surface area contributed by atoms with Gasteiger partial charge in [0.15, 0.2) is 0 Å². The third-order valence-electron chi connectivity index (χ3n) is 3.60. The van der Waals surface area contributed by atoms with Gasteiger partial charge in [0.2, 0.25) is 0 Å². The van der Waals surface area contributed by atoms with E-state index in [1.54, 1.807) is 12.1 Å². The normalized spacial score (nSPS) is 15.4. The van der Waals surface area contributed by atoms with Gasteiger partial charge in [0.25, 0.3) is 5.91 Å². The van der Waals surface area contributed by atoms with E-state index in [1.807, 2.05) is 35.7 Å². The van der Waals surface area contributed by atoms with Crippen LogP contribution in [-0.4, -0.2) is 17.4 Å². The lowest BCUT2D eigenvalue weighted by molar-refractivity contribution is -0.137. The van der Waals surface area contributed by atoms with E-state index in [1.165, 1.54) is 6.07 Å². The number of rotatable bonds is 3. The third-order valence-corrected chi connectivity index (χ3v) is 7.03. The number of carbonyl (C=O) groups excluding carboxylic acids is 1. The smallest absolute Gasteiger partial charge is 0.322 e. The fraction of sp³-hybridized carbons (Fsp3) is 0.235. The molecule has 3 rings (SSSR count). The molecule has 0 radical (unpaired) electrons. The van der Waals surface area contributed by atoms with Gasteiger partial charge in [0, 0.05) is 22.8 Å². The zero-order chi connectivity index (χ0) is 18.0. The molecular formula is C17H13ClF3NOS2. The molecule has 25 heavy (non-hydrogen) atoms. The van der Waals surface area contributed by atoms with Crippen molar-refractivity contribution >= 4 is 46.7 Å². The number of halogens is 4. The van der Waals surface area contributed by atoms with Crippen LogP contribution in [0.3, 0.4) is 0 Å². The standard InChI is InChI=1S/C17H13ClF3NOS2/c18-14-6-5-12(9-13(14)17(19,20)21)22-15(23)10-1-3-11(4-2-10)16-24-7-8-25-16/h1-6,9,16H,7-8H2,(H,22,23). The van der Waals surface area contributed by atoms with Crippen molar-refractivity contribution < 1.29 is 18.0 Å². The van der Waals surface area contributed by atoms with Gasteiger partial charge in [0.1, 0.15) is 0 Å². The summed E-state index contributed by atoms with van der Waals surface area (Å²) in [4.78, 5) is 12.3. The number of anilines is 1. The second-order valence-corrected chi connectivity index (χ2v) is 8.47. The van der Waals surface area contributed by atoms with Gasteiger partial charge in [-0.3, -0.25) is 4.79 Å². The Morgan fingerprint density at radius 3 is 2.32 bits per heavy atom. The van der Waals surface area contributed by atoms with Crippen LogP contribution < -0.4 is 5.32 Å². The Morgan fingerprint density at radius 1 is 1.08 bits per heavy atom. The molecule has 1 heterocycles. The van der Waals surface area contributed by atoms with E-state index in [-0.39, 0.29) is 5.69 Å². The minimum absolute atomic E-state index is 0.0488. The Hall–Kier alpha value is -1.31. The lowest BCUT2D eigenvalue weighted by Gasteiger charge is -2.12. The van der Waals surface area contributed by atoms with Crippen LogP contribution in [-0.2, 0) is 6.18 Å². The van der Waals surface area contributed by atoms with Crippen molar-refractivity contribution in [3.8, 4) is 0 Å². The fourth-order valence-corrected chi connectivity index (χ4v) is 5.45. The number of carbonyl (C=O) groups is 1. The molecule has 2 nitrogen and oxygen atoms in total. The number of benzene rings is 2. The van der Waals surface area contributed by atoms with Crippen LogP contribution in [0, 0.1) is 0 Å². The number of amides is 1. The summed E-state index contributed by atoms with van der Waals surface area (Å²) in [7, 11) is 0. The lowest BCUT2D eigenvalue weighted by Crippen LogP contribution is -2.13. The van der Waals surface area contributed by atoms with E-state index in [4.69, 9.17) is 11.6 Å². The Bertz CT molecular complexity index is 774. The number of nitrogens with one attached hydrogen (secondary N) is 1. The quantitative estimate of drug-likeness (QED) is 0.672. The summed E-state index contributed by atoms with van der Waals surface area (Å²) < 4.78 is 39.0. The van der Waals surface area contributed by atoms with Crippen molar-refractivity contribution in [3.63, 3.8) is 0 Å². The molecule has 2 aromatic carbocycles. The van der Waals surface area contributed by atoms with Crippen LogP contribution in [0.2, 0.25) is 5.02 Å². The number of hydrogen-bond donors (Lipinski definition) is 1. The molecule has 0 saturated carbocycles. The van der Waals surface area contributed by atoms with Gasteiger partial charge in [-0.1, -0.05) is 23.7 Å². The molecule has 1 aliphatic heterocycles. The van der Waals surface area contributed by atoms with Crippen molar-refractivity contribution in [2.75, 3.05) is 16.8 Å². The SMILES string of the molecule is O=C(Nc1ccc(Cl)c(C(F)(F)F)c1)c1ccc(C2SCCS2)cc1. The Labute approximate surface area is 156 Å². The minimum atomic E-state index is -4.57.